The molecule has 0 spiro atoms. The Bertz CT molecular complexity index is 614. The Hall–Kier alpha value is -2.08. The molecular weight excluding hydrogens is 342 g/mol. The van der Waals surface area contributed by atoms with E-state index in [4.69, 9.17) is 4.74 Å². The van der Waals surface area contributed by atoms with Crippen molar-refractivity contribution in [1.29, 1.82) is 0 Å². The van der Waals surface area contributed by atoms with Crippen molar-refractivity contribution in [3.8, 4) is 5.75 Å². The normalized spacial score (nSPS) is 21.1. The number of nitrogens with zero attached hydrogens (tertiary/aromatic N) is 2. The molecule has 1 aromatic rings. The molecule has 2 saturated heterocycles. The summed E-state index contributed by atoms with van der Waals surface area (Å²) in [6.45, 7) is 3.41. The predicted octanol–water partition coefficient (Wildman–Crippen LogP) is 1.90. The van der Waals surface area contributed by atoms with Crippen molar-refractivity contribution in [2.75, 3.05) is 39.8 Å². The summed E-state index contributed by atoms with van der Waals surface area (Å²) < 4.78 is 5.61. The van der Waals surface area contributed by atoms with Crippen molar-refractivity contribution in [3.63, 3.8) is 0 Å². The summed E-state index contributed by atoms with van der Waals surface area (Å²) in [6, 6.07) is 9.96. The van der Waals surface area contributed by atoms with Crippen molar-refractivity contribution in [2.24, 2.45) is 5.92 Å². The van der Waals surface area contributed by atoms with E-state index < -0.39 is 0 Å². The highest BCUT2D eigenvalue weighted by atomic mass is 16.5. The van der Waals surface area contributed by atoms with Crippen molar-refractivity contribution >= 4 is 11.8 Å². The van der Waals surface area contributed by atoms with Crippen LogP contribution in [0.25, 0.3) is 0 Å². The zero-order chi connectivity index (χ0) is 19.1. The molecule has 1 unspecified atom stereocenters. The fourth-order valence-corrected chi connectivity index (χ4v) is 3.98. The summed E-state index contributed by atoms with van der Waals surface area (Å²) in [7, 11) is 1.96. The molecule has 2 amide bonds. The lowest BCUT2D eigenvalue weighted by Crippen LogP contribution is -2.50. The molecule has 148 valence electrons. The zero-order valence-corrected chi connectivity index (χ0v) is 16.2. The molecule has 2 aliphatic rings. The second-order valence-corrected chi connectivity index (χ2v) is 7.48. The molecule has 0 aromatic heterocycles. The number of ether oxygens (including phenoxy) is 1. The van der Waals surface area contributed by atoms with E-state index in [1.165, 1.54) is 0 Å². The fraction of sp³-hybridized carbons (Fsp3) is 0.619. The second kappa shape index (κ2) is 9.74. The lowest BCUT2D eigenvalue weighted by molar-refractivity contribution is -0.141. The quantitative estimate of drug-likeness (QED) is 0.827. The average molecular weight is 373 g/mol. The van der Waals surface area contributed by atoms with Crippen LogP contribution in [0.15, 0.2) is 30.3 Å². The first-order valence-electron chi connectivity index (χ1n) is 10.1. The van der Waals surface area contributed by atoms with Gasteiger partial charge in [-0.05, 0) is 44.9 Å². The van der Waals surface area contributed by atoms with Crippen LogP contribution in [0.5, 0.6) is 5.75 Å². The van der Waals surface area contributed by atoms with Gasteiger partial charge in [0.1, 0.15) is 5.75 Å². The molecule has 1 N–H and O–H groups in total. The second-order valence-electron chi connectivity index (χ2n) is 7.48. The third-order valence-corrected chi connectivity index (χ3v) is 5.67. The van der Waals surface area contributed by atoms with E-state index in [2.05, 4.69) is 5.32 Å². The Kier molecular flexibility index (Phi) is 7.10. The van der Waals surface area contributed by atoms with Crippen LogP contribution in [0.2, 0.25) is 0 Å². The Labute approximate surface area is 161 Å². The summed E-state index contributed by atoms with van der Waals surface area (Å²) in [5, 5.41) is 3.29. The molecule has 1 aromatic carbocycles. The molecule has 6 nitrogen and oxygen atoms in total. The SMILES string of the molecule is CNC1CCCN(C(=O)C2CCN(C(=O)CCOc3ccccc3)CC2)C1. The van der Waals surface area contributed by atoms with Crippen LogP contribution in [0.1, 0.15) is 32.1 Å². The molecule has 0 saturated carbocycles. The van der Waals surface area contributed by atoms with Gasteiger partial charge in [-0.1, -0.05) is 18.2 Å². The third kappa shape index (κ3) is 5.45. The van der Waals surface area contributed by atoms with Crippen molar-refractivity contribution in [2.45, 2.75) is 38.1 Å². The summed E-state index contributed by atoms with van der Waals surface area (Å²) in [5.74, 6) is 1.24. The smallest absolute Gasteiger partial charge is 0.225 e. The average Bonchev–Trinajstić information content (AvgIpc) is 2.74. The largest absolute Gasteiger partial charge is 0.493 e. The monoisotopic (exact) mass is 373 g/mol. The van der Waals surface area contributed by atoms with Gasteiger partial charge in [0, 0.05) is 38.1 Å². The molecule has 0 radical (unpaired) electrons. The van der Waals surface area contributed by atoms with Crippen LogP contribution in [-0.4, -0.2) is 67.5 Å². The standard InChI is InChI=1S/C21H31N3O3/c1-22-18-6-5-12-24(16-18)21(26)17-9-13-23(14-10-17)20(25)11-15-27-19-7-3-2-4-8-19/h2-4,7-8,17-18,22H,5-6,9-16H2,1H3. The number of amides is 2. The summed E-state index contributed by atoms with van der Waals surface area (Å²) in [6.07, 6.45) is 4.12. The van der Waals surface area contributed by atoms with Gasteiger partial charge >= 0.3 is 0 Å². The Balaban J connectivity index is 1.39. The lowest BCUT2D eigenvalue weighted by Gasteiger charge is -2.37. The van der Waals surface area contributed by atoms with Gasteiger partial charge in [-0.25, -0.2) is 0 Å². The molecule has 2 aliphatic heterocycles. The van der Waals surface area contributed by atoms with Gasteiger partial charge in [-0.2, -0.15) is 0 Å². The van der Waals surface area contributed by atoms with E-state index in [1.807, 2.05) is 47.2 Å². The maximum Gasteiger partial charge on any atom is 0.225 e. The summed E-state index contributed by atoms with van der Waals surface area (Å²) in [4.78, 5) is 29.1. The minimum Gasteiger partial charge on any atom is -0.493 e. The van der Waals surface area contributed by atoms with Gasteiger partial charge in [0.05, 0.1) is 13.0 Å². The molecular formula is C21H31N3O3. The van der Waals surface area contributed by atoms with Gasteiger partial charge in [-0.3, -0.25) is 9.59 Å². The minimum absolute atomic E-state index is 0.0604. The Morgan fingerprint density at radius 2 is 1.81 bits per heavy atom. The maximum atomic E-state index is 12.8. The van der Waals surface area contributed by atoms with Crippen LogP contribution < -0.4 is 10.1 Å². The summed E-state index contributed by atoms with van der Waals surface area (Å²) in [5.41, 5.74) is 0. The number of likely N-dealkylation sites (tertiary alicyclic amines) is 2. The van der Waals surface area contributed by atoms with E-state index in [9.17, 15) is 9.59 Å². The number of piperidine rings is 2. The number of carbonyl (C=O) groups is 2. The number of likely N-dealkylation sites (N-methyl/N-ethyl adjacent to an activating group) is 1. The molecule has 2 fully saturated rings. The first-order valence-corrected chi connectivity index (χ1v) is 10.1. The molecule has 3 rings (SSSR count). The van der Waals surface area contributed by atoms with Gasteiger partial charge in [0.25, 0.3) is 0 Å². The van der Waals surface area contributed by atoms with E-state index in [0.717, 1.165) is 44.5 Å². The Morgan fingerprint density at radius 3 is 2.52 bits per heavy atom. The number of para-hydroxylation sites is 1. The Morgan fingerprint density at radius 1 is 1.07 bits per heavy atom. The van der Waals surface area contributed by atoms with E-state index in [0.29, 0.717) is 32.2 Å². The minimum atomic E-state index is 0.0604. The molecule has 0 bridgehead atoms. The van der Waals surface area contributed by atoms with Crippen LogP contribution in [0.3, 0.4) is 0 Å². The number of nitrogens with one attached hydrogen (secondary N) is 1. The van der Waals surface area contributed by atoms with Gasteiger partial charge in [-0.15, -0.1) is 0 Å². The first kappa shape index (κ1) is 19.7. The van der Waals surface area contributed by atoms with Crippen molar-refractivity contribution in [3.05, 3.63) is 30.3 Å². The van der Waals surface area contributed by atoms with Gasteiger partial charge in [0.15, 0.2) is 0 Å². The highest BCUT2D eigenvalue weighted by Crippen LogP contribution is 2.22. The van der Waals surface area contributed by atoms with E-state index in [-0.39, 0.29) is 17.7 Å². The number of hydrogen-bond acceptors (Lipinski definition) is 4. The first-order chi connectivity index (χ1) is 13.2. The van der Waals surface area contributed by atoms with E-state index >= 15 is 0 Å². The molecule has 1 atom stereocenters. The molecule has 2 heterocycles. The molecule has 27 heavy (non-hydrogen) atoms. The third-order valence-electron chi connectivity index (χ3n) is 5.67. The molecule has 0 aliphatic carbocycles. The van der Waals surface area contributed by atoms with Crippen LogP contribution in [-0.2, 0) is 9.59 Å². The number of benzene rings is 1. The maximum absolute atomic E-state index is 12.8. The van der Waals surface area contributed by atoms with Crippen molar-refractivity contribution < 1.29 is 14.3 Å². The predicted molar refractivity (Wildman–Crippen MR) is 105 cm³/mol. The number of carbonyl (C=O) groups excluding carboxylic acids is 2. The number of rotatable bonds is 6. The fourth-order valence-electron chi connectivity index (χ4n) is 3.98. The highest BCUT2D eigenvalue weighted by molar-refractivity contribution is 5.80. The van der Waals surface area contributed by atoms with Crippen molar-refractivity contribution in [1.82, 2.24) is 15.1 Å². The van der Waals surface area contributed by atoms with Gasteiger partial charge in [0.2, 0.25) is 11.8 Å². The topological polar surface area (TPSA) is 61.9 Å². The number of hydrogen-bond donors (Lipinski definition) is 1. The zero-order valence-electron chi connectivity index (χ0n) is 16.2. The van der Waals surface area contributed by atoms with E-state index in [1.54, 1.807) is 0 Å². The van der Waals surface area contributed by atoms with Gasteiger partial charge < -0.3 is 19.9 Å². The van der Waals surface area contributed by atoms with Crippen LogP contribution >= 0.6 is 0 Å². The summed E-state index contributed by atoms with van der Waals surface area (Å²) >= 11 is 0. The lowest BCUT2D eigenvalue weighted by atomic mass is 9.93. The highest BCUT2D eigenvalue weighted by Gasteiger charge is 2.32. The van der Waals surface area contributed by atoms with Crippen LogP contribution in [0, 0.1) is 5.92 Å². The van der Waals surface area contributed by atoms with Crippen LogP contribution in [0.4, 0.5) is 0 Å². The molecule has 6 heteroatoms.